The third-order valence-corrected chi connectivity index (χ3v) is 9.74. The van der Waals surface area contributed by atoms with E-state index in [0.29, 0.717) is 10.6 Å². The highest BCUT2D eigenvalue weighted by Gasteiger charge is 2.83. The van der Waals surface area contributed by atoms with Crippen LogP contribution in [-0.4, -0.2) is 20.4 Å². The number of carbonyl (C=O) groups excluding carboxylic acids is 2. The van der Waals surface area contributed by atoms with Gasteiger partial charge in [0.25, 0.3) is 5.91 Å². The number of amides is 2. The molecule has 4 nitrogen and oxygen atoms in total. The summed E-state index contributed by atoms with van der Waals surface area (Å²) in [7, 11) is 0. The molecule has 25 heavy (non-hydrogen) atoms. The van der Waals surface area contributed by atoms with E-state index in [1.807, 2.05) is 0 Å². The quantitative estimate of drug-likeness (QED) is 0.415. The first kappa shape index (κ1) is 19.6. The van der Waals surface area contributed by atoms with Crippen molar-refractivity contribution in [3.63, 3.8) is 0 Å². The van der Waals surface area contributed by atoms with Crippen LogP contribution in [0.25, 0.3) is 0 Å². The Hall–Kier alpha value is -0.110. The third kappa shape index (κ3) is 2.48. The SMILES string of the molecule is CC1(C)C2(C(=O)NNC(=O)c3cccc(Cl)c3)CCC1(C(Br)Br)C2Br. The van der Waals surface area contributed by atoms with Crippen molar-refractivity contribution in [3.05, 3.63) is 34.9 Å². The summed E-state index contributed by atoms with van der Waals surface area (Å²) < 4.78 is 0.108. The van der Waals surface area contributed by atoms with Gasteiger partial charge in [-0.25, -0.2) is 0 Å². The fourth-order valence-corrected chi connectivity index (χ4v) is 9.73. The second-order valence-electron chi connectivity index (χ2n) is 7.22. The van der Waals surface area contributed by atoms with E-state index in [9.17, 15) is 9.59 Å². The van der Waals surface area contributed by atoms with Crippen molar-refractivity contribution in [2.75, 3.05) is 0 Å². The number of halogens is 4. The number of carbonyl (C=O) groups is 2. The van der Waals surface area contributed by atoms with Gasteiger partial charge in [0.05, 0.1) is 9.15 Å². The van der Waals surface area contributed by atoms with E-state index in [-0.39, 0.29) is 25.3 Å². The standard InChI is InChI=1S/C17H18Br3ClN2O2/c1-15(2)16(13(19)20)6-7-17(15,12(16)18)14(25)23-22-11(24)9-4-3-5-10(21)8-9/h3-5,8,12-13H,6-7H2,1-2H3,(H,22,24)(H,23,25). The molecule has 0 spiro atoms. The van der Waals surface area contributed by atoms with E-state index >= 15 is 0 Å². The highest BCUT2D eigenvalue weighted by molar-refractivity contribution is 9.24. The molecule has 136 valence electrons. The molecule has 8 heteroatoms. The summed E-state index contributed by atoms with van der Waals surface area (Å²) in [6.07, 6.45) is 1.69. The van der Waals surface area contributed by atoms with Crippen molar-refractivity contribution >= 4 is 71.2 Å². The van der Waals surface area contributed by atoms with Crippen molar-refractivity contribution < 1.29 is 9.59 Å². The number of rotatable bonds is 3. The smallest absolute Gasteiger partial charge is 0.269 e. The summed E-state index contributed by atoms with van der Waals surface area (Å²) in [4.78, 5) is 25.2. The molecule has 2 bridgehead atoms. The molecule has 2 N–H and O–H groups in total. The maximum Gasteiger partial charge on any atom is 0.269 e. The molecule has 0 aromatic heterocycles. The Labute approximate surface area is 177 Å². The first-order chi connectivity index (χ1) is 11.6. The lowest BCUT2D eigenvalue weighted by Gasteiger charge is -2.66. The van der Waals surface area contributed by atoms with E-state index < -0.39 is 11.3 Å². The van der Waals surface area contributed by atoms with Gasteiger partial charge in [0.15, 0.2) is 0 Å². The third-order valence-electron chi connectivity index (χ3n) is 6.27. The maximum atomic E-state index is 13.0. The average molecular weight is 558 g/mol. The highest BCUT2D eigenvalue weighted by Crippen LogP contribution is 2.82. The van der Waals surface area contributed by atoms with Crippen LogP contribution in [0.15, 0.2) is 24.3 Å². The number of benzene rings is 1. The van der Waals surface area contributed by atoms with Gasteiger partial charge in [0, 0.05) is 20.8 Å². The van der Waals surface area contributed by atoms with E-state index in [1.54, 1.807) is 24.3 Å². The minimum absolute atomic E-state index is 0.0225. The highest BCUT2D eigenvalue weighted by atomic mass is 79.9. The fraction of sp³-hybridized carbons (Fsp3) is 0.529. The Morgan fingerprint density at radius 2 is 1.92 bits per heavy atom. The molecule has 0 radical (unpaired) electrons. The molecule has 2 amide bonds. The summed E-state index contributed by atoms with van der Waals surface area (Å²) in [6, 6.07) is 6.59. The van der Waals surface area contributed by atoms with E-state index in [2.05, 4.69) is 72.5 Å². The molecule has 1 aromatic rings. The molecule has 3 saturated carbocycles. The molecule has 3 fully saturated rings. The number of alkyl halides is 3. The zero-order valence-corrected chi connectivity index (χ0v) is 19.2. The van der Waals surface area contributed by atoms with Crippen LogP contribution in [0.2, 0.25) is 5.02 Å². The zero-order chi connectivity index (χ0) is 18.6. The lowest BCUT2D eigenvalue weighted by Crippen LogP contribution is -2.72. The Morgan fingerprint density at radius 3 is 2.44 bits per heavy atom. The van der Waals surface area contributed by atoms with Crippen LogP contribution < -0.4 is 10.9 Å². The molecule has 1 aromatic carbocycles. The minimum Gasteiger partial charge on any atom is -0.273 e. The largest absolute Gasteiger partial charge is 0.273 e. The molecular formula is C17H18Br3ClN2O2. The average Bonchev–Trinajstić information content (AvgIpc) is 3.02. The zero-order valence-electron chi connectivity index (χ0n) is 13.7. The van der Waals surface area contributed by atoms with Crippen molar-refractivity contribution in [1.82, 2.24) is 10.9 Å². The first-order valence-electron chi connectivity index (χ1n) is 7.90. The van der Waals surface area contributed by atoms with Gasteiger partial charge in [-0.05, 0) is 36.5 Å². The van der Waals surface area contributed by atoms with Crippen molar-refractivity contribution in [3.8, 4) is 0 Å². The van der Waals surface area contributed by atoms with Gasteiger partial charge in [0.1, 0.15) is 0 Å². The van der Waals surface area contributed by atoms with Crippen LogP contribution in [0.5, 0.6) is 0 Å². The van der Waals surface area contributed by atoms with Gasteiger partial charge in [0.2, 0.25) is 5.91 Å². The van der Waals surface area contributed by atoms with Crippen LogP contribution in [0.1, 0.15) is 37.0 Å². The normalized spacial score (nSPS) is 32.2. The van der Waals surface area contributed by atoms with Crippen molar-refractivity contribution in [1.29, 1.82) is 0 Å². The summed E-state index contributed by atoms with van der Waals surface area (Å²) in [5.74, 6) is -0.554. The maximum absolute atomic E-state index is 13.0. The van der Waals surface area contributed by atoms with Gasteiger partial charge in [-0.15, -0.1) is 0 Å². The summed E-state index contributed by atoms with van der Waals surface area (Å²) in [5.41, 5.74) is 4.69. The lowest BCUT2D eigenvalue weighted by atomic mass is 9.43. The molecule has 0 heterocycles. The molecule has 0 saturated heterocycles. The summed E-state index contributed by atoms with van der Waals surface area (Å²) in [6.45, 7) is 4.23. The van der Waals surface area contributed by atoms with Gasteiger partial charge in [-0.1, -0.05) is 79.3 Å². The van der Waals surface area contributed by atoms with Crippen LogP contribution >= 0.6 is 59.4 Å². The fourth-order valence-electron chi connectivity index (χ4n) is 4.63. The Morgan fingerprint density at radius 1 is 1.24 bits per heavy atom. The molecular weight excluding hydrogens is 539 g/mol. The van der Waals surface area contributed by atoms with Gasteiger partial charge in [-0.2, -0.15) is 0 Å². The lowest BCUT2D eigenvalue weighted by molar-refractivity contribution is -0.162. The Bertz CT molecular complexity index is 742. The Balaban J connectivity index is 1.73. The van der Waals surface area contributed by atoms with Gasteiger partial charge in [-0.3, -0.25) is 20.4 Å². The molecule has 3 aliphatic rings. The van der Waals surface area contributed by atoms with E-state index in [0.717, 1.165) is 12.8 Å². The number of nitrogens with one attached hydrogen (secondary N) is 2. The predicted molar refractivity (Wildman–Crippen MR) is 109 cm³/mol. The number of hydrazine groups is 1. The summed E-state index contributed by atoms with van der Waals surface area (Å²) in [5, 5.41) is 0.472. The molecule has 3 aliphatic carbocycles. The number of fused-ring (bicyclic) bond motifs is 1. The molecule has 3 atom stereocenters. The van der Waals surface area contributed by atoms with Crippen LogP contribution in [0.3, 0.4) is 0 Å². The monoisotopic (exact) mass is 554 g/mol. The van der Waals surface area contributed by atoms with E-state index in [1.165, 1.54) is 0 Å². The van der Waals surface area contributed by atoms with Crippen LogP contribution in [0.4, 0.5) is 0 Å². The molecule has 3 unspecified atom stereocenters. The molecule has 0 aliphatic heterocycles. The predicted octanol–water partition coefficient (Wildman–Crippen LogP) is 4.79. The Kier molecular flexibility index (Phi) is 5.11. The summed E-state index contributed by atoms with van der Waals surface area (Å²) >= 11 is 17.0. The van der Waals surface area contributed by atoms with Gasteiger partial charge >= 0.3 is 0 Å². The van der Waals surface area contributed by atoms with E-state index in [4.69, 9.17) is 11.6 Å². The topological polar surface area (TPSA) is 58.2 Å². The second kappa shape index (κ2) is 6.50. The minimum atomic E-state index is -0.561. The second-order valence-corrected chi connectivity index (χ2v) is 11.6. The first-order valence-corrected chi connectivity index (χ1v) is 11.0. The molecule has 4 rings (SSSR count). The van der Waals surface area contributed by atoms with Crippen LogP contribution in [0, 0.1) is 16.2 Å². The van der Waals surface area contributed by atoms with Crippen molar-refractivity contribution in [2.45, 2.75) is 35.3 Å². The van der Waals surface area contributed by atoms with Gasteiger partial charge < -0.3 is 0 Å². The van der Waals surface area contributed by atoms with Crippen molar-refractivity contribution in [2.24, 2.45) is 16.2 Å². The number of hydrogen-bond acceptors (Lipinski definition) is 2. The van der Waals surface area contributed by atoms with Crippen LogP contribution in [-0.2, 0) is 4.79 Å². The number of hydrogen-bond donors (Lipinski definition) is 2.